The van der Waals surface area contributed by atoms with Gasteiger partial charge in [0.15, 0.2) is 0 Å². The van der Waals surface area contributed by atoms with Gasteiger partial charge in [0.25, 0.3) is 0 Å². The number of hydrogen-bond acceptors (Lipinski definition) is 13. The first-order chi connectivity index (χ1) is 52.0. The summed E-state index contributed by atoms with van der Waals surface area (Å²) in [6.45, 7) is 8.90. The molecule has 8 aliphatic rings. The number of likely N-dealkylation sites (N-methyl/N-ethyl adjacent to an activating group) is 6. The van der Waals surface area contributed by atoms with E-state index < -0.39 is 241 Å². The SMILES string of the molecule is CCC[C@H]1C(=O)N[C@@H]([C@@H](C)CC)C(=O)N(C2CC2)CC(=O)N(C)[C@H]2C/C=C\CCN(C2=O)[C@@H](CC2CCC(C(F)(F)F)CC2)C(=O)N(C)CC(=O)N[C@@H](CCC2CC(F)C(C(F)(F)F)C(F)C2)C(=O)N2C[C@H](OCC)C[C@H]2C(=O)NC2(CC(C)(C)C2)C(=O)N(C)[C@@H](C2CCCC2)C(=O)N(C)[C@H](C(=O)N(C)C)CC(=O)N1C. The quantitative estimate of drug-likeness (QED) is 0.114. The van der Waals surface area contributed by atoms with Crippen LogP contribution >= 0.6 is 0 Å². The molecule has 0 aromatic carbocycles. The van der Waals surface area contributed by atoms with E-state index >= 15 is 42.3 Å². The molecule has 3 aliphatic heterocycles. The van der Waals surface area contributed by atoms with Crippen LogP contribution in [-0.4, -0.2) is 288 Å². The van der Waals surface area contributed by atoms with Crippen molar-refractivity contribution in [1.82, 2.24) is 60.0 Å². The van der Waals surface area contributed by atoms with Crippen LogP contribution in [0.3, 0.4) is 0 Å². The zero-order chi connectivity index (χ0) is 82.3. The number of hydrogen-bond donors (Lipinski definition) is 3. The Balaban J connectivity index is 1.22. The zero-order valence-corrected chi connectivity index (χ0v) is 66.9. The first kappa shape index (κ1) is 89.3. The molecule has 12 amide bonds. The molecule has 12 atom stereocenters. The standard InChI is InChI=1S/C78H120F8N12O13/c1-14-22-55-66(102)88-64(45(4)15-2)72(108)97(50-31-32-50)42-62(101)93(11)56-25-18-17-21-34-96(71(56)107)59(37-46-26-29-49(30-27-46)77(81,82)83)70(106)91(9)41-60(99)87-54(33-28-47-35-52(79)63(53(80)36-47)78(84,85)86)68(104)98-40-51(111-16-3)38-57(98)67(103)89-76(43-75(5,6)44-76)74(110)95(13)65(48-23-19-20-24-48)73(109)94(12)58(69(105)90(7)8)39-61(100)92(55)10/h17-18,45-59,63-65H,14-16,19-44H2,1-13H3,(H,87,99)(H,88,102)(H,89,103)/b18-17-/t45-,46?,47?,49?,51+,52?,53?,54-,55-,56-,57-,58-,59-,63?,64-,65-/m0/s1. The molecule has 5 saturated carbocycles. The average Bonchev–Trinajstić information content (AvgIpc) is 1.39. The molecule has 2 bridgehead atoms. The average molecular weight is 1590 g/mol. The number of fused-ring (bicyclic) bond motifs is 3. The van der Waals surface area contributed by atoms with Crippen LogP contribution in [0.4, 0.5) is 35.1 Å². The smallest absolute Gasteiger partial charge is 0.377 e. The molecule has 1 spiro atoms. The van der Waals surface area contributed by atoms with Gasteiger partial charge in [-0.05, 0) is 152 Å². The van der Waals surface area contributed by atoms with Gasteiger partial charge in [-0.25, -0.2) is 8.78 Å². The lowest BCUT2D eigenvalue weighted by atomic mass is 9.58. The van der Waals surface area contributed by atoms with Crippen molar-refractivity contribution in [3.05, 3.63) is 12.2 Å². The second-order valence-electron chi connectivity index (χ2n) is 34.0. The number of nitrogens with zero attached hydrogens (tertiary/aromatic N) is 9. The summed E-state index contributed by atoms with van der Waals surface area (Å²) >= 11 is 0. The Hall–Kier alpha value is -7.22. The van der Waals surface area contributed by atoms with Crippen molar-refractivity contribution in [2.24, 2.45) is 40.9 Å². The number of carbonyl (C=O) groups is 12. The topological polar surface area (TPSA) is 279 Å². The van der Waals surface area contributed by atoms with Crippen molar-refractivity contribution in [1.29, 1.82) is 0 Å². The lowest BCUT2D eigenvalue weighted by Crippen LogP contribution is -2.71. The number of ether oxygens (including phenoxy) is 1. The van der Waals surface area contributed by atoms with E-state index in [1.165, 1.54) is 73.8 Å². The normalized spacial score (nSPS) is 32.5. The second kappa shape index (κ2) is 37.4. The van der Waals surface area contributed by atoms with Gasteiger partial charge >= 0.3 is 12.4 Å². The van der Waals surface area contributed by atoms with Gasteiger partial charge in [-0.3, -0.25) is 57.5 Å². The predicted octanol–water partition coefficient (Wildman–Crippen LogP) is 7.27. The molecule has 8 rings (SSSR count). The molecule has 25 nitrogen and oxygen atoms in total. The Morgan fingerprint density at radius 3 is 1.83 bits per heavy atom. The Morgan fingerprint density at radius 2 is 1.27 bits per heavy atom. The fraction of sp³-hybridized carbons (Fsp3) is 0.821. The van der Waals surface area contributed by atoms with E-state index in [1.807, 2.05) is 13.8 Å². The van der Waals surface area contributed by atoms with E-state index in [0.29, 0.717) is 51.4 Å². The Morgan fingerprint density at radius 1 is 0.640 bits per heavy atom. The monoisotopic (exact) mass is 1580 g/mol. The van der Waals surface area contributed by atoms with Gasteiger partial charge in [0.05, 0.1) is 25.0 Å². The van der Waals surface area contributed by atoms with Gasteiger partial charge in [0.2, 0.25) is 70.9 Å². The number of halogens is 8. The highest BCUT2D eigenvalue weighted by molar-refractivity contribution is 6.01. The van der Waals surface area contributed by atoms with Crippen LogP contribution in [0.5, 0.6) is 0 Å². The molecule has 111 heavy (non-hydrogen) atoms. The van der Waals surface area contributed by atoms with Crippen LogP contribution in [0.1, 0.15) is 196 Å². The van der Waals surface area contributed by atoms with E-state index in [-0.39, 0.29) is 96.7 Å². The van der Waals surface area contributed by atoms with Gasteiger partial charge in [-0.15, -0.1) is 0 Å². The van der Waals surface area contributed by atoms with E-state index in [2.05, 4.69) is 16.0 Å². The van der Waals surface area contributed by atoms with Crippen molar-refractivity contribution in [2.45, 2.75) is 286 Å². The summed E-state index contributed by atoms with van der Waals surface area (Å²) in [7, 11) is 9.64. The van der Waals surface area contributed by atoms with Crippen LogP contribution in [0, 0.1) is 40.9 Å². The highest BCUT2D eigenvalue weighted by Crippen LogP contribution is 2.50. The predicted molar refractivity (Wildman–Crippen MR) is 393 cm³/mol. The number of alkyl halides is 8. The van der Waals surface area contributed by atoms with Crippen molar-refractivity contribution < 1.29 is 97.4 Å². The Bertz CT molecular complexity index is 3360. The Kier molecular flexibility index (Phi) is 30.1. The summed E-state index contributed by atoms with van der Waals surface area (Å²) in [6.07, 6.45) is -12.3. The van der Waals surface area contributed by atoms with Gasteiger partial charge in [0, 0.05) is 81.5 Å². The minimum absolute atomic E-state index is 0.00157. The van der Waals surface area contributed by atoms with Crippen LogP contribution in [0.25, 0.3) is 0 Å². The van der Waals surface area contributed by atoms with E-state index in [4.69, 9.17) is 4.74 Å². The lowest BCUT2D eigenvalue weighted by molar-refractivity contribution is -0.219. The first-order valence-electron chi connectivity index (χ1n) is 40.0. The highest BCUT2D eigenvalue weighted by Gasteiger charge is 2.60. The highest BCUT2D eigenvalue weighted by atomic mass is 19.4. The molecule has 0 aromatic rings. The summed E-state index contributed by atoms with van der Waals surface area (Å²) in [5.74, 6) is -16.6. The number of nitrogens with one attached hydrogen (secondary N) is 3. The molecule has 5 aliphatic carbocycles. The molecule has 33 heteroatoms. The summed E-state index contributed by atoms with van der Waals surface area (Å²) < 4.78 is 122. The maximum atomic E-state index is 15.8. The van der Waals surface area contributed by atoms with Crippen molar-refractivity contribution in [3.8, 4) is 0 Å². The van der Waals surface area contributed by atoms with Gasteiger partial charge < -0.3 is 64.8 Å². The van der Waals surface area contributed by atoms with Crippen LogP contribution < -0.4 is 16.0 Å². The maximum Gasteiger partial charge on any atom is 0.397 e. The van der Waals surface area contributed by atoms with E-state index in [1.54, 1.807) is 39.8 Å². The van der Waals surface area contributed by atoms with Crippen LogP contribution in [0.15, 0.2) is 12.2 Å². The summed E-state index contributed by atoms with van der Waals surface area (Å²) in [5, 5.41) is 8.55. The number of carbonyl (C=O) groups excluding carboxylic acids is 12. The molecule has 3 heterocycles. The lowest BCUT2D eigenvalue weighted by Gasteiger charge is -2.54. The van der Waals surface area contributed by atoms with E-state index in [0.717, 1.165) is 19.6 Å². The third-order valence-corrected chi connectivity index (χ3v) is 25.0. The van der Waals surface area contributed by atoms with Crippen LogP contribution in [-0.2, 0) is 62.3 Å². The summed E-state index contributed by atoms with van der Waals surface area (Å²) in [5.41, 5.74) is -2.37. The second-order valence-corrected chi connectivity index (χ2v) is 34.0. The summed E-state index contributed by atoms with van der Waals surface area (Å²) in [6, 6.07) is -11.8. The fourth-order valence-electron chi connectivity index (χ4n) is 18.4. The fourth-order valence-corrected chi connectivity index (χ4v) is 18.4. The van der Waals surface area contributed by atoms with Gasteiger partial charge in [0.1, 0.15) is 78.7 Å². The molecule has 0 radical (unpaired) electrons. The largest absolute Gasteiger partial charge is 0.397 e. The van der Waals surface area contributed by atoms with Crippen molar-refractivity contribution in [2.75, 3.05) is 82.1 Å². The zero-order valence-electron chi connectivity index (χ0n) is 66.9. The van der Waals surface area contributed by atoms with Crippen molar-refractivity contribution >= 4 is 70.9 Å². The molecular formula is C78H120F8N12O13. The minimum atomic E-state index is -5.22. The maximum absolute atomic E-state index is 15.8. The third kappa shape index (κ3) is 21.4. The Labute approximate surface area is 647 Å². The molecule has 2 unspecified atom stereocenters. The minimum Gasteiger partial charge on any atom is -0.377 e. The van der Waals surface area contributed by atoms with Crippen LogP contribution in [0.2, 0.25) is 0 Å². The van der Waals surface area contributed by atoms with Crippen molar-refractivity contribution in [3.63, 3.8) is 0 Å². The number of rotatable bonds is 14. The third-order valence-electron chi connectivity index (χ3n) is 25.0. The van der Waals surface area contributed by atoms with E-state index in [9.17, 15) is 50.3 Å². The van der Waals surface area contributed by atoms with Gasteiger partial charge in [-0.2, -0.15) is 26.3 Å². The van der Waals surface area contributed by atoms with Gasteiger partial charge in [-0.1, -0.05) is 72.5 Å². The molecule has 626 valence electrons. The molecular weight excluding hydrogens is 1460 g/mol. The molecule has 0 aromatic heterocycles. The molecule has 3 N–H and O–H groups in total. The number of amides is 12. The summed E-state index contributed by atoms with van der Waals surface area (Å²) in [4.78, 5) is 194. The molecule has 7 fully saturated rings. The first-order valence-corrected chi connectivity index (χ1v) is 40.0. The molecule has 2 saturated heterocycles.